The lowest BCUT2D eigenvalue weighted by atomic mass is 10.1. The first kappa shape index (κ1) is 13.1. The van der Waals surface area contributed by atoms with Crippen LogP contribution in [0.15, 0.2) is 24.3 Å². The molecule has 1 rings (SSSR count). The van der Waals surface area contributed by atoms with Gasteiger partial charge in [0.15, 0.2) is 0 Å². The molecule has 0 bridgehead atoms. The number of rotatable bonds is 6. The highest BCUT2D eigenvalue weighted by Crippen LogP contribution is 2.06. The van der Waals surface area contributed by atoms with Crippen molar-refractivity contribution in [2.24, 2.45) is 5.73 Å². The molecule has 0 saturated carbocycles. The predicted molar refractivity (Wildman–Crippen MR) is 73.5 cm³/mol. The van der Waals surface area contributed by atoms with E-state index in [1.165, 1.54) is 11.1 Å². The summed E-state index contributed by atoms with van der Waals surface area (Å²) in [6.07, 6.45) is 1.88. The fourth-order valence-corrected chi connectivity index (χ4v) is 1.75. The molecule has 0 unspecified atom stereocenters. The second-order valence-corrected chi connectivity index (χ2v) is 4.82. The topological polar surface area (TPSA) is 29.3 Å². The van der Waals surface area contributed by atoms with Crippen LogP contribution in [0, 0.1) is 6.92 Å². The van der Waals surface area contributed by atoms with Crippen molar-refractivity contribution >= 4 is 17.2 Å². The zero-order chi connectivity index (χ0) is 12.0. The molecule has 1 aromatic rings. The highest BCUT2D eigenvalue weighted by molar-refractivity contribution is 7.80. The summed E-state index contributed by atoms with van der Waals surface area (Å²) in [6, 6.07) is 8.66. The van der Waals surface area contributed by atoms with Crippen LogP contribution in [-0.4, -0.2) is 23.5 Å². The molecule has 0 saturated heterocycles. The van der Waals surface area contributed by atoms with Crippen LogP contribution >= 0.6 is 12.2 Å². The first-order chi connectivity index (χ1) is 7.58. The smallest absolute Gasteiger partial charge is 0.0727 e. The van der Waals surface area contributed by atoms with Gasteiger partial charge in [0.1, 0.15) is 0 Å². The van der Waals surface area contributed by atoms with E-state index in [1.807, 2.05) is 0 Å². The second-order valence-electron chi connectivity index (χ2n) is 4.29. The monoisotopic (exact) mass is 236 g/mol. The second kappa shape index (κ2) is 6.61. The maximum Gasteiger partial charge on any atom is 0.0727 e. The standard InChI is InChI=1S/C13H20N2S/c1-11-5-7-12(8-6-11)10-15(2)9-3-4-13(14)16/h5-8H,3-4,9-10H2,1-2H3,(H2,14,16). The van der Waals surface area contributed by atoms with Crippen molar-refractivity contribution in [3.05, 3.63) is 35.4 Å². The van der Waals surface area contributed by atoms with Gasteiger partial charge in [0, 0.05) is 6.54 Å². The molecule has 0 aliphatic rings. The minimum atomic E-state index is 0.615. The lowest BCUT2D eigenvalue weighted by Crippen LogP contribution is -2.20. The van der Waals surface area contributed by atoms with Crippen LogP contribution in [-0.2, 0) is 6.54 Å². The molecule has 1 aromatic carbocycles. The molecule has 0 fully saturated rings. The largest absolute Gasteiger partial charge is 0.393 e. The van der Waals surface area contributed by atoms with E-state index in [4.69, 9.17) is 18.0 Å². The minimum absolute atomic E-state index is 0.615. The van der Waals surface area contributed by atoms with E-state index in [-0.39, 0.29) is 0 Å². The van der Waals surface area contributed by atoms with Gasteiger partial charge in [-0.1, -0.05) is 42.0 Å². The van der Waals surface area contributed by atoms with E-state index in [2.05, 4.69) is 43.1 Å². The molecule has 0 aliphatic heterocycles. The van der Waals surface area contributed by atoms with Crippen molar-refractivity contribution in [3.63, 3.8) is 0 Å². The Morgan fingerprint density at radius 3 is 2.50 bits per heavy atom. The molecule has 0 heterocycles. The number of nitrogens with zero attached hydrogens (tertiary/aromatic N) is 1. The van der Waals surface area contributed by atoms with Crippen molar-refractivity contribution in [2.75, 3.05) is 13.6 Å². The SMILES string of the molecule is Cc1ccc(CN(C)CCCC(N)=S)cc1. The average Bonchev–Trinajstić information content (AvgIpc) is 2.21. The van der Waals surface area contributed by atoms with Crippen molar-refractivity contribution < 1.29 is 0 Å². The molecular formula is C13H20N2S. The van der Waals surface area contributed by atoms with Crippen LogP contribution in [0.25, 0.3) is 0 Å². The Hall–Kier alpha value is -0.930. The zero-order valence-electron chi connectivity index (χ0n) is 10.1. The van der Waals surface area contributed by atoms with Gasteiger partial charge in [-0.2, -0.15) is 0 Å². The van der Waals surface area contributed by atoms with E-state index in [0.717, 1.165) is 25.9 Å². The van der Waals surface area contributed by atoms with Gasteiger partial charge in [0.25, 0.3) is 0 Å². The third kappa shape index (κ3) is 5.24. The van der Waals surface area contributed by atoms with Gasteiger partial charge < -0.3 is 10.6 Å². The van der Waals surface area contributed by atoms with Gasteiger partial charge in [-0.15, -0.1) is 0 Å². The van der Waals surface area contributed by atoms with Crippen molar-refractivity contribution in [2.45, 2.75) is 26.3 Å². The summed E-state index contributed by atoms with van der Waals surface area (Å²) < 4.78 is 0. The summed E-state index contributed by atoms with van der Waals surface area (Å²) in [5, 5.41) is 0. The lowest BCUT2D eigenvalue weighted by molar-refractivity contribution is 0.324. The Balaban J connectivity index is 2.31. The van der Waals surface area contributed by atoms with Gasteiger partial charge in [0.05, 0.1) is 4.99 Å². The summed E-state index contributed by atoms with van der Waals surface area (Å²) >= 11 is 4.85. The molecule has 88 valence electrons. The third-order valence-corrected chi connectivity index (χ3v) is 2.74. The average molecular weight is 236 g/mol. The summed E-state index contributed by atoms with van der Waals surface area (Å²) in [4.78, 5) is 2.91. The van der Waals surface area contributed by atoms with Gasteiger partial charge >= 0.3 is 0 Å². The predicted octanol–water partition coefficient (Wildman–Crippen LogP) is 2.49. The number of thiocarbonyl (C=S) groups is 1. The summed E-state index contributed by atoms with van der Waals surface area (Å²) in [6.45, 7) is 4.12. The Bertz CT molecular complexity index is 332. The molecule has 0 spiro atoms. The number of benzene rings is 1. The molecule has 2 N–H and O–H groups in total. The van der Waals surface area contributed by atoms with Crippen molar-refractivity contribution in [1.82, 2.24) is 4.90 Å². The van der Waals surface area contributed by atoms with Crippen molar-refractivity contribution in [3.8, 4) is 0 Å². The number of hydrogen-bond acceptors (Lipinski definition) is 2. The van der Waals surface area contributed by atoms with E-state index < -0.39 is 0 Å². The molecule has 0 radical (unpaired) electrons. The molecule has 0 aromatic heterocycles. The van der Waals surface area contributed by atoms with Crippen LogP contribution in [0.2, 0.25) is 0 Å². The fourth-order valence-electron chi connectivity index (χ4n) is 1.61. The molecule has 0 atom stereocenters. The highest BCUT2D eigenvalue weighted by Gasteiger charge is 2.00. The Morgan fingerprint density at radius 1 is 1.31 bits per heavy atom. The maximum absolute atomic E-state index is 5.46. The quantitative estimate of drug-likeness (QED) is 0.770. The highest BCUT2D eigenvalue weighted by atomic mass is 32.1. The van der Waals surface area contributed by atoms with Gasteiger partial charge in [-0.05, 0) is 38.9 Å². The third-order valence-electron chi connectivity index (χ3n) is 2.54. The maximum atomic E-state index is 5.46. The summed E-state index contributed by atoms with van der Waals surface area (Å²) in [5.41, 5.74) is 8.12. The van der Waals surface area contributed by atoms with Crippen LogP contribution in [0.1, 0.15) is 24.0 Å². The minimum Gasteiger partial charge on any atom is -0.393 e. The van der Waals surface area contributed by atoms with E-state index in [9.17, 15) is 0 Å². The van der Waals surface area contributed by atoms with Gasteiger partial charge in [0.2, 0.25) is 0 Å². The number of aryl methyl sites for hydroxylation is 1. The van der Waals surface area contributed by atoms with Gasteiger partial charge in [-0.3, -0.25) is 0 Å². The van der Waals surface area contributed by atoms with Gasteiger partial charge in [-0.25, -0.2) is 0 Å². The lowest BCUT2D eigenvalue weighted by Gasteiger charge is -2.16. The number of nitrogens with two attached hydrogens (primary N) is 1. The Morgan fingerprint density at radius 2 is 1.94 bits per heavy atom. The van der Waals surface area contributed by atoms with Crippen LogP contribution in [0.5, 0.6) is 0 Å². The zero-order valence-corrected chi connectivity index (χ0v) is 10.9. The Labute approximate surface area is 103 Å². The van der Waals surface area contributed by atoms with Crippen LogP contribution in [0.3, 0.4) is 0 Å². The fraction of sp³-hybridized carbons (Fsp3) is 0.462. The summed E-state index contributed by atoms with van der Waals surface area (Å²) in [7, 11) is 2.12. The van der Waals surface area contributed by atoms with E-state index >= 15 is 0 Å². The molecule has 3 heteroatoms. The van der Waals surface area contributed by atoms with E-state index in [1.54, 1.807) is 0 Å². The molecule has 2 nitrogen and oxygen atoms in total. The molecular weight excluding hydrogens is 216 g/mol. The van der Waals surface area contributed by atoms with E-state index in [0.29, 0.717) is 4.99 Å². The van der Waals surface area contributed by atoms with Crippen molar-refractivity contribution in [1.29, 1.82) is 0 Å². The normalized spacial score (nSPS) is 10.7. The first-order valence-electron chi connectivity index (χ1n) is 5.60. The van der Waals surface area contributed by atoms with Crippen LogP contribution < -0.4 is 5.73 Å². The Kier molecular flexibility index (Phi) is 5.43. The molecule has 0 aliphatic carbocycles. The number of hydrogen-bond donors (Lipinski definition) is 1. The first-order valence-corrected chi connectivity index (χ1v) is 6.01. The summed E-state index contributed by atoms with van der Waals surface area (Å²) in [5.74, 6) is 0. The molecule has 16 heavy (non-hydrogen) atoms. The molecule has 0 amide bonds. The van der Waals surface area contributed by atoms with Crippen LogP contribution in [0.4, 0.5) is 0 Å².